The monoisotopic (exact) mass is 383 g/mol. The van der Waals surface area contributed by atoms with Gasteiger partial charge in [0.2, 0.25) is 0 Å². The van der Waals surface area contributed by atoms with Gasteiger partial charge in [0.05, 0.1) is 34.3 Å². The van der Waals surface area contributed by atoms with Crippen molar-refractivity contribution in [2.45, 2.75) is 13.0 Å². The van der Waals surface area contributed by atoms with E-state index in [4.69, 9.17) is 11.6 Å². The number of rotatable bonds is 3. The van der Waals surface area contributed by atoms with E-state index >= 15 is 0 Å². The van der Waals surface area contributed by atoms with Gasteiger partial charge in [0.15, 0.2) is 5.82 Å². The average Bonchev–Trinajstić information content (AvgIpc) is 2.92. The largest absolute Gasteiger partial charge is 0.389 e. The Kier molecular flexibility index (Phi) is 4.08. The second kappa shape index (κ2) is 5.87. The number of H-pyrrole nitrogens is 1. The highest BCUT2D eigenvalue weighted by atomic mass is 79.9. The third kappa shape index (κ3) is 2.69. The number of halogens is 3. The maximum atomic E-state index is 14.7. The summed E-state index contributed by atoms with van der Waals surface area (Å²) in [5, 5.41) is 13.3. The minimum absolute atomic E-state index is 0.166. The predicted molar refractivity (Wildman–Crippen MR) is 89.1 cm³/mol. The third-order valence-electron chi connectivity index (χ3n) is 3.33. The van der Waals surface area contributed by atoms with Crippen LogP contribution in [0.25, 0.3) is 11.0 Å². The number of aliphatic hydroxyl groups excluding tert-OH is 1. The van der Waals surface area contributed by atoms with E-state index in [9.17, 15) is 9.50 Å². The second-order valence-corrected chi connectivity index (χ2v) is 6.20. The van der Waals surface area contributed by atoms with Crippen LogP contribution >= 0.6 is 27.5 Å². The number of anilines is 2. The average molecular weight is 385 g/mol. The fraction of sp³-hybridized carbons (Fsp3) is 0.133. The van der Waals surface area contributed by atoms with Crippen LogP contribution < -0.4 is 5.32 Å². The number of aromatic nitrogens is 2. The quantitative estimate of drug-likeness (QED) is 0.601. The molecule has 1 aromatic heterocycles. The fourth-order valence-electron chi connectivity index (χ4n) is 2.24. The van der Waals surface area contributed by atoms with Gasteiger partial charge in [-0.2, -0.15) is 0 Å². The van der Waals surface area contributed by atoms with Gasteiger partial charge in [-0.25, -0.2) is 9.37 Å². The lowest BCUT2D eigenvalue weighted by Gasteiger charge is -2.16. The van der Waals surface area contributed by atoms with Crippen molar-refractivity contribution in [1.29, 1.82) is 0 Å². The number of hydrogen-bond acceptors (Lipinski definition) is 3. The first-order chi connectivity index (χ1) is 10.5. The van der Waals surface area contributed by atoms with E-state index in [2.05, 4.69) is 31.2 Å². The number of imidazole rings is 1. The molecule has 22 heavy (non-hydrogen) atoms. The van der Waals surface area contributed by atoms with E-state index in [0.717, 1.165) is 4.47 Å². The summed E-state index contributed by atoms with van der Waals surface area (Å²) in [7, 11) is 0. The van der Waals surface area contributed by atoms with Gasteiger partial charge in [0, 0.05) is 10.0 Å². The first kappa shape index (κ1) is 15.3. The Hall–Kier alpha value is -1.63. The van der Waals surface area contributed by atoms with Crippen LogP contribution in [0.15, 0.2) is 35.1 Å². The molecular formula is C15H12BrClFN3O. The molecule has 7 heteroatoms. The van der Waals surface area contributed by atoms with Gasteiger partial charge < -0.3 is 15.4 Å². The number of nitrogens with one attached hydrogen (secondary N) is 2. The molecule has 114 valence electrons. The molecule has 0 aliphatic rings. The lowest BCUT2D eigenvalue weighted by molar-refractivity contribution is 0.200. The Morgan fingerprint density at radius 2 is 2.18 bits per heavy atom. The van der Waals surface area contributed by atoms with Gasteiger partial charge in [-0.1, -0.05) is 27.5 Å². The van der Waals surface area contributed by atoms with Crippen molar-refractivity contribution in [2.75, 3.05) is 5.32 Å². The van der Waals surface area contributed by atoms with Crippen molar-refractivity contribution in [1.82, 2.24) is 9.97 Å². The highest BCUT2D eigenvalue weighted by Crippen LogP contribution is 2.35. The lowest BCUT2D eigenvalue weighted by Crippen LogP contribution is -2.03. The molecule has 0 spiro atoms. The standard InChI is InChI=1S/C15H12BrClFN3O/c1-7(22)9-5-12-15(20-6-19-12)13(18)14(9)21-11-3-2-8(16)4-10(11)17/h2-7,21-22H,1H3,(H,19,20). The number of fused-ring (bicyclic) bond motifs is 1. The normalized spacial score (nSPS) is 12.6. The number of aromatic amines is 1. The molecule has 1 atom stereocenters. The highest BCUT2D eigenvalue weighted by molar-refractivity contribution is 9.10. The molecule has 2 aromatic carbocycles. The lowest BCUT2D eigenvalue weighted by atomic mass is 10.1. The molecule has 0 aliphatic heterocycles. The summed E-state index contributed by atoms with van der Waals surface area (Å²) in [6, 6.07) is 6.90. The third-order valence-corrected chi connectivity index (χ3v) is 4.13. The van der Waals surface area contributed by atoms with Crippen LogP contribution in [-0.2, 0) is 0 Å². The summed E-state index contributed by atoms with van der Waals surface area (Å²) in [6.45, 7) is 1.57. The molecule has 0 radical (unpaired) electrons. The molecule has 3 N–H and O–H groups in total. The minimum Gasteiger partial charge on any atom is -0.389 e. The van der Waals surface area contributed by atoms with Crippen molar-refractivity contribution in [3.8, 4) is 0 Å². The molecule has 0 saturated carbocycles. The molecule has 3 rings (SSSR count). The topological polar surface area (TPSA) is 60.9 Å². The van der Waals surface area contributed by atoms with Crippen molar-refractivity contribution < 1.29 is 9.50 Å². The summed E-state index contributed by atoms with van der Waals surface area (Å²) >= 11 is 9.48. The molecule has 1 unspecified atom stereocenters. The van der Waals surface area contributed by atoms with Gasteiger partial charge >= 0.3 is 0 Å². The minimum atomic E-state index is -0.848. The molecule has 0 amide bonds. The van der Waals surface area contributed by atoms with Crippen LogP contribution in [0, 0.1) is 5.82 Å². The first-order valence-corrected chi connectivity index (χ1v) is 7.70. The Morgan fingerprint density at radius 1 is 1.41 bits per heavy atom. The zero-order valence-electron chi connectivity index (χ0n) is 11.5. The van der Waals surface area contributed by atoms with Crippen molar-refractivity contribution >= 4 is 49.9 Å². The zero-order valence-corrected chi connectivity index (χ0v) is 13.8. The summed E-state index contributed by atoms with van der Waals surface area (Å²) in [6.07, 6.45) is 0.564. The van der Waals surface area contributed by atoms with Crippen LogP contribution in [0.3, 0.4) is 0 Å². The molecule has 0 bridgehead atoms. The molecule has 0 aliphatic carbocycles. The zero-order chi connectivity index (χ0) is 15.9. The van der Waals surface area contributed by atoms with E-state index in [1.807, 2.05) is 0 Å². The molecular weight excluding hydrogens is 373 g/mol. The molecule has 0 fully saturated rings. The van der Waals surface area contributed by atoms with Gasteiger partial charge in [-0.05, 0) is 31.2 Å². The summed E-state index contributed by atoms with van der Waals surface area (Å²) in [5.74, 6) is -0.534. The summed E-state index contributed by atoms with van der Waals surface area (Å²) in [4.78, 5) is 6.81. The van der Waals surface area contributed by atoms with E-state index in [0.29, 0.717) is 21.8 Å². The summed E-state index contributed by atoms with van der Waals surface area (Å²) < 4.78 is 15.5. The molecule has 1 heterocycles. The molecule has 0 saturated heterocycles. The van der Waals surface area contributed by atoms with Crippen molar-refractivity contribution in [3.63, 3.8) is 0 Å². The smallest absolute Gasteiger partial charge is 0.174 e. The second-order valence-electron chi connectivity index (χ2n) is 4.88. The highest BCUT2D eigenvalue weighted by Gasteiger charge is 2.19. The molecule has 3 aromatic rings. The van der Waals surface area contributed by atoms with Crippen LogP contribution in [-0.4, -0.2) is 15.1 Å². The SMILES string of the molecule is CC(O)c1cc2[nH]cnc2c(F)c1Nc1ccc(Br)cc1Cl. The Balaban J connectivity index is 2.16. The van der Waals surface area contributed by atoms with E-state index in [1.54, 1.807) is 31.2 Å². The number of benzene rings is 2. The van der Waals surface area contributed by atoms with E-state index in [1.165, 1.54) is 6.33 Å². The predicted octanol–water partition coefficient (Wildman–Crippen LogP) is 4.91. The van der Waals surface area contributed by atoms with Crippen LogP contribution in [0.2, 0.25) is 5.02 Å². The maximum Gasteiger partial charge on any atom is 0.174 e. The van der Waals surface area contributed by atoms with Crippen LogP contribution in [0.5, 0.6) is 0 Å². The van der Waals surface area contributed by atoms with Crippen molar-refractivity contribution in [2.24, 2.45) is 0 Å². The first-order valence-electron chi connectivity index (χ1n) is 6.53. The van der Waals surface area contributed by atoms with Gasteiger partial charge in [-0.15, -0.1) is 0 Å². The Morgan fingerprint density at radius 3 is 2.86 bits per heavy atom. The fourth-order valence-corrected chi connectivity index (χ4v) is 2.96. The Labute approximate surface area is 139 Å². The number of hydrogen-bond donors (Lipinski definition) is 3. The summed E-state index contributed by atoms with van der Waals surface area (Å²) in [5.41, 5.74) is 1.87. The van der Waals surface area contributed by atoms with Crippen LogP contribution in [0.4, 0.5) is 15.8 Å². The maximum absolute atomic E-state index is 14.7. The van der Waals surface area contributed by atoms with Crippen LogP contribution in [0.1, 0.15) is 18.6 Å². The van der Waals surface area contributed by atoms with Gasteiger partial charge in [0.25, 0.3) is 0 Å². The Bertz CT molecular complexity index is 850. The van der Waals surface area contributed by atoms with Crippen molar-refractivity contribution in [3.05, 3.63) is 51.5 Å². The molecule has 4 nitrogen and oxygen atoms in total. The number of aliphatic hydroxyl groups is 1. The van der Waals surface area contributed by atoms with Gasteiger partial charge in [0.1, 0.15) is 5.52 Å². The van der Waals surface area contributed by atoms with E-state index < -0.39 is 11.9 Å². The number of nitrogens with zero attached hydrogens (tertiary/aromatic N) is 1. The van der Waals surface area contributed by atoms with E-state index in [-0.39, 0.29) is 11.2 Å². The van der Waals surface area contributed by atoms with Gasteiger partial charge in [-0.3, -0.25) is 0 Å².